The van der Waals surface area contributed by atoms with Gasteiger partial charge in [0.2, 0.25) is 0 Å². The van der Waals surface area contributed by atoms with Gasteiger partial charge in [-0.05, 0) is 160 Å². The number of halogens is 4. The maximum atomic E-state index is 5.58. The quantitative estimate of drug-likeness (QED) is 0.185. The van der Waals surface area contributed by atoms with Crippen LogP contribution in [0.25, 0.3) is 84.5 Å². The number of nitrogens with one attached hydrogen (secondary N) is 2. The molecular formula is C48H34Br4N4. The zero-order valence-electron chi connectivity index (χ0n) is 31.0. The van der Waals surface area contributed by atoms with Gasteiger partial charge in [0.15, 0.2) is 0 Å². The molecule has 9 rings (SSSR count). The summed E-state index contributed by atoms with van der Waals surface area (Å²) >= 11 is 16.2. The van der Waals surface area contributed by atoms with Crippen LogP contribution in [0.3, 0.4) is 0 Å². The first kappa shape index (κ1) is 37.0. The van der Waals surface area contributed by atoms with Crippen molar-refractivity contribution in [2.75, 3.05) is 0 Å². The molecule has 2 aliphatic rings. The highest BCUT2D eigenvalue weighted by Gasteiger charge is 2.29. The monoisotopic (exact) mass is 982 g/mol. The van der Waals surface area contributed by atoms with Crippen molar-refractivity contribution in [3.63, 3.8) is 0 Å². The largest absolute Gasteiger partial charge is 0.354 e. The zero-order valence-corrected chi connectivity index (χ0v) is 37.3. The van der Waals surface area contributed by atoms with Gasteiger partial charge < -0.3 is 9.97 Å². The van der Waals surface area contributed by atoms with Crippen molar-refractivity contribution in [2.45, 2.75) is 27.7 Å². The molecule has 8 bridgehead atoms. The summed E-state index contributed by atoms with van der Waals surface area (Å²) in [5, 5.41) is 0. The maximum Gasteiger partial charge on any atom is 0.0891 e. The lowest BCUT2D eigenvalue weighted by atomic mass is 9.99. The summed E-state index contributed by atoms with van der Waals surface area (Å²) in [5.74, 6) is 0. The van der Waals surface area contributed by atoms with Crippen LogP contribution in [0, 0.1) is 27.7 Å². The standard InChI is InChI=1S/C48H34Br4N4/c1-25-13-5-9-17-29(25)37-33-21-22-34(53-33)38(30-18-10-6-14-26(30)2)47-43(51)44(52)48(56-47)40(32-20-12-8-16-28(32)4)36-24-23-35(54-36)39(31-19-11-7-15-27(31)3)46-42(50)41(49)45(37)55-46/h5-24,53-54H,1-4H3. The van der Waals surface area contributed by atoms with E-state index in [-0.39, 0.29) is 0 Å². The highest BCUT2D eigenvalue weighted by Crippen LogP contribution is 2.50. The van der Waals surface area contributed by atoms with Crippen LogP contribution in [0.2, 0.25) is 0 Å². The number of hydrogen-bond acceptors (Lipinski definition) is 2. The Balaban J connectivity index is 1.58. The Morgan fingerprint density at radius 1 is 0.321 bits per heavy atom. The fourth-order valence-electron chi connectivity index (χ4n) is 7.89. The van der Waals surface area contributed by atoms with Gasteiger partial charge in [0.1, 0.15) is 0 Å². The van der Waals surface area contributed by atoms with E-state index in [4.69, 9.17) is 9.97 Å². The molecule has 0 aliphatic carbocycles. The summed E-state index contributed by atoms with van der Waals surface area (Å²) < 4.78 is 3.53. The fourth-order valence-corrected chi connectivity index (χ4v) is 9.79. The van der Waals surface area contributed by atoms with E-state index in [2.05, 4.69) is 223 Å². The van der Waals surface area contributed by atoms with E-state index < -0.39 is 0 Å². The second-order valence-corrected chi connectivity index (χ2v) is 17.4. The number of rotatable bonds is 4. The molecule has 5 heterocycles. The van der Waals surface area contributed by atoms with Gasteiger partial charge in [0, 0.05) is 44.3 Å². The molecule has 4 aromatic carbocycles. The second-order valence-electron chi connectivity index (χ2n) is 14.2. The van der Waals surface area contributed by atoms with Crippen molar-refractivity contribution in [3.05, 3.63) is 166 Å². The first-order valence-electron chi connectivity index (χ1n) is 18.3. The molecule has 0 saturated heterocycles. The molecule has 0 fully saturated rings. The van der Waals surface area contributed by atoms with Gasteiger partial charge >= 0.3 is 0 Å². The molecule has 0 spiro atoms. The summed E-state index contributed by atoms with van der Waals surface area (Å²) in [4.78, 5) is 18.9. The Hall–Kier alpha value is -4.60. The minimum atomic E-state index is 0.835. The smallest absolute Gasteiger partial charge is 0.0891 e. The Morgan fingerprint density at radius 2 is 0.536 bits per heavy atom. The molecule has 2 aliphatic heterocycles. The highest BCUT2D eigenvalue weighted by molar-refractivity contribution is 9.18. The summed E-state index contributed by atoms with van der Waals surface area (Å²) in [5.41, 5.74) is 20.0. The lowest BCUT2D eigenvalue weighted by Gasteiger charge is -2.10. The minimum Gasteiger partial charge on any atom is -0.354 e. The SMILES string of the molecule is Cc1ccccc1-c1c2nc(c(-c3ccccc3C)c3ccc([nH]3)c(-c3ccccc3C)c3nc(c(-c4ccccc4C)c4ccc1[nH]4)C(Br)=C3Br)C(Br)=C2Br. The average molecular weight is 986 g/mol. The summed E-state index contributed by atoms with van der Waals surface area (Å²) in [6.45, 7) is 8.61. The Kier molecular flexibility index (Phi) is 9.73. The average Bonchev–Trinajstić information content (AvgIpc) is 3.99. The molecule has 0 atom stereocenters. The zero-order chi connectivity index (χ0) is 38.8. The lowest BCUT2D eigenvalue weighted by Crippen LogP contribution is -1.93. The molecular weight excluding hydrogens is 952 g/mol. The lowest BCUT2D eigenvalue weighted by molar-refractivity contribution is 1.30. The van der Waals surface area contributed by atoms with E-state index in [1.807, 2.05) is 0 Å². The van der Waals surface area contributed by atoms with E-state index in [9.17, 15) is 0 Å². The third-order valence-corrected chi connectivity index (χ3v) is 14.9. The predicted molar refractivity (Wildman–Crippen MR) is 251 cm³/mol. The van der Waals surface area contributed by atoms with E-state index in [0.717, 1.165) is 130 Å². The number of aromatic amines is 2. The third kappa shape index (κ3) is 6.13. The van der Waals surface area contributed by atoms with Crippen molar-refractivity contribution in [1.82, 2.24) is 19.9 Å². The molecule has 0 amide bonds. The summed E-state index contributed by atoms with van der Waals surface area (Å²) in [6, 6.07) is 42.7. The molecule has 0 saturated carbocycles. The number of benzene rings is 4. The maximum absolute atomic E-state index is 5.58. The molecule has 56 heavy (non-hydrogen) atoms. The van der Waals surface area contributed by atoms with Crippen LogP contribution in [0.1, 0.15) is 45.0 Å². The molecule has 8 heteroatoms. The van der Waals surface area contributed by atoms with Crippen LogP contribution < -0.4 is 0 Å². The van der Waals surface area contributed by atoms with Crippen molar-refractivity contribution in [2.24, 2.45) is 0 Å². The predicted octanol–water partition coefficient (Wildman–Crippen LogP) is 15.4. The van der Waals surface area contributed by atoms with E-state index in [1.165, 1.54) is 0 Å². The van der Waals surface area contributed by atoms with Crippen LogP contribution in [-0.4, -0.2) is 19.9 Å². The van der Waals surface area contributed by atoms with Crippen molar-refractivity contribution >= 4 is 104 Å². The number of nitrogens with zero attached hydrogens (tertiary/aromatic N) is 2. The van der Waals surface area contributed by atoms with Crippen LogP contribution in [0.5, 0.6) is 0 Å². The molecule has 3 aromatic heterocycles. The van der Waals surface area contributed by atoms with Crippen LogP contribution in [-0.2, 0) is 0 Å². The number of aryl methyl sites for hydroxylation is 4. The molecule has 0 radical (unpaired) electrons. The minimum absolute atomic E-state index is 0.835. The number of H-pyrrole nitrogens is 2. The van der Waals surface area contributed by atoms with Crippen molar-refractivity contribution in [3.8, 4) is 44.5 Å². The second kappa shape index (κ2) is 14.7. The molecule has 4 nitrogen and oxygen atoms in total. The first-order chi connectivity index (χ1) is 27.1. The van der Waals surface area contributed by atoms with Crippen LogP contribution in [0.4, 0.5) is 0 Å². The van der Waals surface area contributed by atoms with Gasteiger partial charge in [-0.25, -0.2) is 9.97 Å². The number of fused-ring (bicyclic) bond motifs is 8. The topological polar surface area (TPSA) is 57.4 Å². The summed E-state index contributed by atoms with van der Waals surface area (Å²) in [6.07, 6.45) is 0. The van der Waals surface area contributed by atoms with Gasteiger partial charge in [-0.2, -0.15) is 0 Å². The Bertz CT molecular complexity index is 2620. The van der Waals surface area contributed by atoms with Gasteiger partial charge in [-0.15, -0.1) is 0 Å². The van der Waals surface area contributed by atoms with Gasteiger partial charge in [-0.1, -0.05) is 97.1 Å². The normalized spacial score (nSPS) is 12.9. The van der Waals surface area contributed by atoms with Crippen molar-refractivity contribution < 1.29 is 0 Å². The van der Waals surface area contributed by atoms with E-state index in [0.29, 0.717) is 0 Å². The van der Waals surface area contributed by atoms with E-state index >= 15 is 0 Å². The highest BCUT2D eigenvalue weighted by atomic mass is 79.9. The Morgan fingerprint density at radius 3 is 0.750 bits per heavy atom. The number of hydrogen-bond donors (Lipinski definition) is 2. The number of aromatic nitrogens is 4. The van der Waals surface area contributed by atoms with E-state index in [1.54, 1.807) is 0 Å². The van der Waals surface area contributed by atoms with Gasteiger partial charge in [0.05, 0.1) is 40.7 Å². The Labute approximate surface area is 359 Å². The van der Waals surface area contributed by atoms with Gasteiger partial charge in [-0.3, -0.25) is 0 Å². The summed E-state index contributed by atoms with van der Waals surface area (Å²) in [7, 11) is 0. The van der Waals surface area contributed by atoms with Crippen LogP contribution >= 0.6 is 63.7 Å². The molecule has 0 unspecified atom stereocenters. The molecule has 2 N–H and O–H groups in total. The van der Waals surface area contributed by atoms with Gasteiger partial charge in [0.25, 0.3) is 0 Å². The fraction of sp³-hybridized carbons (Fsp3) is 0.0833. The molecule has 7 aromatic rings. The van der Waals surface area contributed by atoms with Crippen molar-refractivity contribution in [1.29, 1.82) is 0 Å². The third-order valence-electron chi connectivity index (χ3n) is 10.7. The first-order valence-corrected chi connectivity index (χ1v) is 21.5. The van der Waals surface area contributed by atoms with Crippen LogP contribution in [0.15, 0.2) is 121 Å². The molecule has 274 valence electrons.